The lowest BCUT2D eigenvalue weighted by molar-refractivity contribution is 0.371. The van der Waals surface area contributed by atoms with Gasteiger partial charge in [-0.1, -0.05) is 17.3 Å². The topological polar surface area (TPSA) is 63.8 Å². The highest BCUT2D eigenvalue weighted by atomic mass is 32.1. The molecule has 96 valence electrons. The van der Waals surface area contributed by atoms with Crippen molar-refractivity contribution >= 4 is 23.1 Å². The summed E-state index contributed by atoms with van der Waals surface area (Å²) in [6.07, 6.45) is 0. The van der Waals surface area contributed by atoms with Crippen LogP contribution < -0.4 is 5.56 Å². The van der Waals surface area contributed by atoms with Crippen molar-refractivity contribution in [1.82, 2.24) is 14.7 Å². The predicted molar refractivity (Wildman–Crippen MR) is 73.7 cm³/mol. The lowest BCUT2D eigenvalue weighted by atomic mass is 10.2. The van der Waals surface area contributed by atoms with Gasteiger partial charge in [-0.05, 0) is 31.3 Å². The highest BCUT2D eigenvalue weighted by molar-refractivity contribution is 7.71. The molecule has 0 atom stereocenters. The number of nitrogens with one attached hydrogen (secondary N) is 1. The van der Waals surface area contributed by atoms with E-state index in [0.717, 1.165) is 11.2 Å². The first-order valence-corrected chi connectivity index (χ1v) is 6.20. The summed E-state index contributed by atoms with van der Waals surface area (Å²) in [4.78, 5) is 15.4. The fourth-order valence-electron chi connectivity index (χ4n) is 1.99. The highest BCUT2D eigenvalue weighted by Gasteiger charge is 2.08. The Hall–Kier alpha value is -2.21. The van der Waals surface area contributed by atoms with Crippen LogP contribution in [0.4, 0.5) is 0 Å². The van der Waals surface area contributed by atoms with Crippen LogP contribution in [0.2, 0.25) is 0 Å². The van der Waals surface area contributed by atoms with Crippen LogP contribution in [0.5, 0.6) is 0 Å². The minimum Gasteiger partial charge on any atom is -0.359 e. The number of hydrogen-bond donors (Lipinski definition) is 1. The average Bonchev–Trinajstić information content (AvgIpc) is 2.80. The summed E-state index contributed by atoms with van der Waals surface area (Å²) in [5.41, 5.74) is 1.38. The molecule has 0 aliphatic rings. The second-order valence-corrected chi connectivity index (χ2v) is 4.69. The van der Waals surface area contributed by atoms with Crippen LogP contribution in [-0.2, 0) is 6.54 Å². The van der Waals surface area contributed by atoms with E-state index < -0.39 is 0 Å². The first-order chi connectivity index (χ1) is 9.15. The van der Waals surface area contributed by atoms with Crippen molar-refractivity contribution in [2.75, 3.05) is 0 Å². The van der Waals surface area contributed by atoms with Crippen molar-refractivity contribution in [3.63, 3.8) is 0 Å². The Balaban J connectivity index is 2.18. The van der Waals surface area contributed by atoms with E-state index in [4.69, 9.17) is 16.7 Å². The maximum absolute atomic E-state index is 12.4. The van der Waals surface area contributed by atoms with Crippen LogP contribution >= 0.6 is 12.2 Å². The number of para-hydroxylation sites is 1. The molecule has 0 spiro atoms. The molecule has 19 heavy (non-hydrogen) atoms. The summed E-state index contributed by atoms with van der Waals surface area (Å²) in [6, 6.07) is 9.07. The van der Waals surface area contributed by atoms with Crippen LogP contribution in [-0.4, -0.2) is 14.7 Å². The second-order valence-electron chi connectivity index (χ2n) is 4.30. The first-order valence-electron chi connectivity index (χ1n) is 5.79. The lowest BCUT2D eigenvalue weighted by Crippen LogP contribution is -2.22. The van der Waals surface area contributed by atoms with Gasteiger partial charge in [0.1, 0.15) is 0 Å². The van der Waals surface area contributed by atoms with Crippen molar-refractivity contribution < 1.29 is 4.52 Å². The number of H-pyrrole nitrogens is 1. The van der Waals surface area contributed by atoms with Crippen LogP contribution in [0.25, 0.3) is 10.9 Å². The SMILES string of the molecule is Cc1cc(Cn2c(=S)[nH]c3ccccc3c2=O)on1. The van der Waals surface area contributed by atoms with Gasteiger partial charge in [-0.25, -0.2) is 0 Å². The molecule has 0 aliphatic carbocycles. The Labute approximate surface area is 113 Å². The molecule has 3 aromatic rings. The average molecular weight is 273 g/mol. The summed E-state index contributed by atoms with van der Waals surface area (Å²) in [7, 11) is 0. The summed E-state index contributed by atoms with van der Waals surface area (Å²) < 4.78 is 6.96. The van der Waals surface area contributed by atoms with Gasteiger partial charge >= 0.3 is 0 Å². The van der Waals surface area contributed by atoms with E-state index in [-0.39, 0.29) is 12.1 Å². The minimum atomic E-state index is -0.131. The van der Waals surface area contributed by atoms with Crippen LogP contribution in [0.3, 0.4) is 0 Å². The number of aromatic nitrogens is 3. The summed E-state index contributed by atoms with van der Waals surface area (Å²) in [5, 5.41) is 4.40. The molecule has 0 unspecified atom stereocenters. The van der Waals surface area contributed by atoms with E-state index in [1.54, 1.807) is 12.1 Å². The molecule has 3 rings (SSSR count). The van der Waals surface area contributed by atoms with Crippen molar-refractivity contribution in [3.8, 4) is 0 Å². The quantitative estimate of drug-likeness (QED) is 0.728. The van der Waals surface area contributed by atoms with E-state index >= 15 is 0 Å². The highest BCUT2D eigenvalue weighted by Crippen LogP contribution is 2.08. The number of rotatable bonds is 2. The molecule has 0 bridgehead atoms. The first kappa shape index (κ1) is 11.9. The largest absolute Gasteiger partial charge is 0.359 e. The van der Waals surface area contributed by atoms with Gasteiger partial charge in [-0.2, -0.15) is 0 Å². The standard InChI is InChI=1S/C13H11N3O2S/c1-8-6-9(18-15-8)7-16-12(17)10-4-2-3-5-11(10)14-13(16)19/h2-6H,7H2,1H3,(H,14,19). The van der Waals surface area contributed by atoms with Crippen LogP contribution in [0, 0.1) is 11.7 Å². The number of benzene rings is 1. The van der Waals surface area contributed by atoms with E-state index in [1.807, 2.05) is 25.1 Å². The normalized spacial score (nSPS) is 11.0. The molecule has 6 heteroatoms. The molecule has 0 saturated carbocycles. The van der Waals surface area contributed by atoms with Crippen molar-refractivity contribution in [2.24, 2.45) is 0 Å². The number of aromatic amines is 1. The van der Waals surface area contributed by atoms with Gasteiger partial charge in [-0.3, -0.25) is 9.36 Å². The smallest absolute Gasteiger partial charge is 0.262 e. The van der Waals surface area contributed by atoms with Crippen molar-refractivity contribution in [3.05, 3.63) is 56.9 Å². The molecule has 1 N–H and O–H groups in total. The third-order valence-corrected chi connectivity index (χ3v) is 3.20. The van der Waals surface area contributed by atoms with Gasteiger partial charge in [0.15, 0.2) is 10.5 Å². The van der Waals surface area contributed by atoms with Gasteiger partial charge in [0.05, 0.1) is 23.1 Å². The number of hydrogen-bond acceptors (Lipinski definition) is 4. The Morgan fingerprint density at radius 2 is 2.21 bits per heavy atom. The van der Waals surface area contributed by atoms with E-state index in [0.29, 0.717) is 15.9 Å². The van der Waals surface area contributed by atoms with Crippen LogP contribution in [0.1, 0.15) is 11.5 Å². The van der Waals surface area contributed by atoms with E-state index in [2.05, 4.69) is 10.1 Å². The summed E-state index contributed by atoms with van der Waals surface area (Å²) in [5.74, 6) is 0.606. The molecule has 0 fully saturated rings. The molecule has 2 aromatic heterocycles. The predicted octanol–water partition coefficient (Wildman–Crippen LogP) is 2.40. The Morgan fingerprint density at radius 3 is 2.95 bits per heavy atom. The lowest BCUT2D eigenvalue weighted by Gasteiger charge is -2.05. The van der Waals surface area contributed by atoms with Gasteiger partial charge in [0.25, 0.3) is 5.56 Å². The Kier molecular flexibility index (Phi) is 2.79. The molecule has 0 aliphatic heterocycles. The molecule has 0 amide bonds. The minimum absolute atomic E-state index is 0.131. The zero-order valence-corrected chi connectivity index (χ0v) is 11.0. The Morgan fingerprint density at radius 1 is 1.42 bits per heavy atom. The fraction of sp³-hybridized carbons (Fsp3) is 0.154. The number of nitrogens with zero attached hydrogens (tertiary/aromatic N) is 2. The molecule has 5 nitrogen and oxygen atoms in total. The van der Waals surface area contributed by atoms with Crippen molar-refractivity contribution in [2.45, 2.75) is 13.5 Å². The van der Waals surface area contributed by atoms with E-state index in [1.165, 1.54) is 4.57 Å². The molecule has 2 heterocycles. The van der Waals surface area contributed by atoms with Crippen LogP contribution in [0.15, 0.2) is 39.6 Å². The van der Waals surface area contributed by atoms with Gasteiger partial charge in [0.2, 0.25) is 0 Å². The summed E-state index contributed by atoms with van der Waals surface area (Å²) >= 11 is 5.22. The molecular formula is C13H11N3O2S. The monoisotopic (exact) mass is 273 g/mol. The Bertz CT molecular complexity index is 860. The fourth-order valence-corrected chi connectivity index (χ4v) is 2.25. The van der Waals surface area contributed by atoms with E-state index in [9.17, 15) is 4.79 Å². The summed E-state index contributed by atoms with van der Waals surface area (Å²) in [6.45, 7) is 2.11. The maximum Gasteiger partial charge on any atom is 0.262 e. The molecular weight excluding hydrogens is 262 g/mol. The third-order valence-electron chi connectivity index (χ3n) is 2.88. The zero-order chi connectivity index (χ0) is 13.4. The second kappa shape index (κ2) is 4.47. The van der Waals surface area contributed by atoms with Gasteiger partial charge < -0.3 is 9.51 Å². The number of aryl methyl sites for hydroxylation is 1. The van der Waals surface area contributed by atoms with Crippen molar-refractivity contribution in [1.29, 1.82) is 0 Å². The number of fused-ring (bicyclic) bond motifs is 1. The molecule has 1 aromatic carbocycles. The third kappa shape index (κ3) is 2.10. The molecule has 0 saturated heterocycles. The molecule has 0 radical (unpaired) electrons. The van der Waals surface area contributed by atoms with Gasteiger partial charge in [0, 0.05) is 6.07 Å². The maximum atomic E-state index is 12.4. The van der Waals surface area contributed by atoms with Gasteiger partial charge in [-0.15, -0.1) is 0 Å². The zero-order valence-electron chi connectivity index (χ0n) is 10.2.